The Hall–Kier alpha value is -2.10. The Labute approximate surface area is 170 Å². The fourth-order valence-electron chi connectivity index (χ4n) is 5.00. The van der Waals surface area contributed by atoms with Crippen LogP contribution in [0.25, 0.3) is 10.9 Å². The number of aryl methyl sites for hydroxylation is 1. The SMILES string of the molecule is CCC(=O)N1CC2(C1)CN(S(C)(=O)=O)[C@@H](CO)c1c2c2ccc(OC)cc2n1C. The summed E-state index contributed by atoms with van der Waals surface area (Å²) in [6.07, 6.45) is 1.60. The van der Waals surface area contributed by atoms with Crippen LogP contribution < -0.4 is 4.74 Å². The molecule has 158 valence electrons. The molecule has 2 aromatic rings. The highest BCUT2D eigenvalue weighted by Gasteiger charge is 2.55. The van der Waals surface area contributed by atoms with E-state index in [1.54, 1.807) is 12.0 Å². The molecule has 8 nitrogen and oxygen atoms in total. The van der Waals surface area contributed by atoms with Gasteiger partial charge >= 0.3 is 0 Å². The van der Waals surface area contributed by atoms with E-state index in [2.05, 4.69) is 0 Å². The van der Waals surface area contributed by atoms with Gasteiger partial charge in [-0.1, -0.05) is 6.92 Å². The van der Waals surface area contributed by atoms with E-state index in [9.17, 15) is 18.3 Å². The van der Waals surface area contributed by atoms with Gasteiger partial charge in [-0.3, -0.25) is 4.79 Å². The van der Waals surface area contributed by atoms with Crippen LogP contribution in [0.2, 0.25) is 0 Å². The number of likely N-dealkylation sites (tertiary alicyclic amines) is 1. The molecule has 4 rings (SSSR count). The fraction of sp³-hybridized carbons (Fsp3) is 0.550. The number of carbonyl (C=O) groups excluding carboxylic acids is 1. The van der Waals surface area contributed by atoms with Gasteiger partial charge in [0.2, 0.25) is 15.9 Å². The minimum Gasteiger partial charge on any atom is -0.497 e. The summed E-state index contributed by atoms with van der Waals surface area (Å²) in [6.45, 7) is 2.72. The molecule has 0 saturated carbocycles. The third kappa shape index (κ3) is 2.86. The first-order valence-corrected chi connectivity index (χ1v) is 11.5. The lowest BCUT2D eigenvalue weighted by molar-refractivity contribution is -0.139. The second kappa shape index (κ2) is 6.72. The Bertz CT molecular complexity index is 1090. The van der Waals surface area contributed by atoms with Crippen molar-refractivity contribution in [2.45, 2.75) is 24.8 Å². The van der Waals surface area contributed by atoms with Crippen molar-refractivity contribution in [2.24, 2.45) is 7.05 Å². The molecule has 1 aromatic heterocycles. The average molecular weight is 422 g/mol. The summed E-state index contributed by atoms with van der Waals surface area (Å²) in [7, 11) is -0.0655. The van der Waals surface area contributed by atoms with Crippen molar-refractivity contribution < 1.29 is 23.1 Å². The summed E-state index contributed by atoms with van der Waals surface area (Å²) in [5.74, 6) is 0.774. The van der Waals surface area contributed by atoms with Gasteiger partial charge in [0.15, 0.2) is 0 Å². The van der Waals surface area contributed by atoms with Crippen LogP contribution in [-0.4, -0.2) is 72.8 Å². The Morgan fingerprint density at radius 1 is 1.31 bits per heavy atom. The maximum atomic E-state index is 12.6. The molecule has 29 heavy (non-hydrogen) atoms. The van der Waals surface area contributed by atoms with E-state index >= 15 is 0 Å². The van der Waals surface area contributed by atoms with E-state index in [-0.39, 0.29) is 19.1 Å². The van der Waals surface area contributed by atoms with Gasteiger partial charge in [0.05, 0.1) is 31.5 Å². The van der Waals surface area contributed by atoms with Crippen LogP contribution in [-0.2, 0) is 27.3 Å². The van der Waals surface area contributed by atoms with Crippen molar-refractivity contribution in [3.05, 3.63) is 29.5 Å². The molecular weight excluding hydrogens is 394 g/mol. The maximum Gasteiger partial charge on any atom is 0.222 e. The predicted molar refractivity (Wildman–Crippen MR) is 109 cm³/mol. The largest absolute Gasteiger partial charge is 0.497 e. The Balaban J connectivity index is 1.96. The summed E-state index contributed by atoms with van der Waals surface area (Å²) in [4.78, 5) is 14.0. The van der Waals surface area contributed by atoms with Gasteiger partial charge in [-0.15, -0.1) is 0 Å². The highest BCUT2D eigenvalue weighted by Crippen LogP contribution is 2.50. The van der Waals surface area contributed by atoms with E-state index in [0.717, 1.165) is 22.2 Å². The van der Waals surface area contributed by atoms with Gasteiger partial charge in [0.25, 0.3) is 0 Å². The summed E-state index contributed by atoms with van der Waals surface area (Å²) < 4.78 is 33.9. The summed E-state index contributed by atoms with van der Waals surface area (Å²) >= 11 is 0. The first kappa shape index (κ1) is 20.2. The molecule has 1 fully saturated rings. The van der Waals surface area contributed by atoms with Crippen LogP contribution in [0.3, 0.4) is 0 Å². The lowest BCUT2D eigenvalue weighted by atomic mass is 9.69. The second-order valence-corrected chi connectivity index (χ2v) is 10.0. The molecular formula is C20H27N3O5S. The van der Waals surface area contributed by atoms with E-state index in [1.807, 2.05) is 36.7 Å². The van der Waals surface area contributed by atoms with Gasteiger partial charge in [0, 0.05) is 55.7 Å². The van der Waals surface area contributed by atoms with Crippen molar-refractivity contribution in [3.63, 3.8) is 0 Å². The number of hydrogen-bond acceptors (Lipinski definition) is 5. The molecule has 0 unspecified atom stereocenters. The van der Waals surface area contributed by atoms with E-state index in [0.29, 0.717) is 25.3 Å². The molecule has 2 aliphatic rings. The van der Waals surface area contributed by atoms with Gasteiger partial charge in [-0.25, -0.2) is 8.42 Å². The van der Waals surface area contributed by atoms with Crippen LogP contribution in [0.15, 0.2) is 18.2 Å². The van der Waals surface area contributed by atoms with Gasteiger partial charge in [-0.2, -0.15) is 4.31 Å². The van der Waals surface area contributed by atoms with E-state index in [4.69, 9.17) is 4.74 Å². The topological polar surface area (TPSA) is 92.1 Å². The zero-order valence-corrected chi connectivity index (χ0v) is 18.0. The molecule has 9 heteroatoms. The minimum atomic E-state index is -3.56. The smallest absolute Gasteiger partial charge is 0.222 e. The van der Waals surface area contributed by atoms with Crippen LogP contribution in [0.5, 0.6) is 5.75 Å². The number of amides is 1. The second-order valence-electron chi connectivity index (χ2n) is 8.09. The van der Waals surface area contributed by atoms with E-state index in [1.165, 1.54) is 10.6 Å². The quantitative estimate of drug-likeness (QED) is 0.795. The number of ether oxygens (including phenoxy) is 1. The molecule has 1 aromatic carbocycles. The zero-order valence-electron chi connectivity index (χ0n) is 17.2. The number of fused-ring (bicyclic) bond motifs is 4. The first-order chi connectivity index (χ1) is 13.7. The van der Waals surface area contributed by atoms with Gasteiger partial charge in [0.1, 0.15) is 5.75 Å². The van der Waals surface area contributed by atoms with Crippen molar-refractivity contribution in [2.75, 3.05) is 39.6 Å². The minimum absolute atomic E-state index is 0.0641. The average Bonchev–Trinajstić information content (AvgIpc) is 2.96. The lowest BCUT2D eigenvalue weighted by Crippen LogP contribution is -2.68. The number of aromatic nitrogens is 1. The summed E-state index contributed by atoms with van der Waals surface area (Å²) in [5.41, 5.74) is 2.26. The molecule has 3 heterocycles. The van der Waals surface area contributed by atoms with Crippen LogP contribution >= 0.6 is 0 Å². The highest BCUT2D eigenvalue weighted by molar-refractivity contribution is 7.88. The number of sulfonamides is 1. The molecule has 0 aliphatic carbocycles. The molecule has 0 bridgehead atoms. The zero-order chi connectivity index (χ0) is 21.1. The predicted octanol–water partition coefficient (Wildman–Crippen LogP) is 0.986. The van der Waals surface area contributed by atoms with Crippen molar-refractivity contribution in [3.8, 4) is 5.75 Å². The Kier molecular flexibility index (Phi) is 4.67. The number of hydrogen-bond donors (Lipinski definition) is 1. The Morgan fingerprint density at radius 3 is 2.55 bits per heavy atom. The number of nitrogens with zero attached hydrogens (tertiary/aromatic N) is 3. The third-order valence-electron chi connectivity index (χ3n) is 6.35. The molecule has 1 saturated heterocycles. The van der Waals surface area contributed by atoms with Crippen LogP contribution in [0.1, 0.15) is 30.6 Å². The molecule has 0 radical (unpaired) electrons. The Morgan fingerprint density at radius 2 is 2.00 bits per heavy atom. The van der Waals surface area contributed by atoms with Crippen LogP contribution in [0.4, 0.5) is 0 Å². The molecule has 1 spiro atoms. The number of carbonyl (C=O) groups is 1. The fourth-order valence-corrected chi connectivity index (χ4v) is 6.11. The van der Waals surface area contributed by atoms with Crippen molar-refractivity contribution in [1.82, 2.24) is 13.8 Å². The molecule has 1 amide bonds. The monoisotopic (exact) mass is 421 g/mol. The number of benzene rings is 1. The van der Waals surface area contributed by atoms with Crippen molar-refractivity contribution in [1.29, 1.82) is 0 Å². The van der Waals surface area contributed by atoms with Gasteiger partial charge in [-0.05, 0) is 17.7 Å². The van der Waals surface area contributed by atoms with E-state index < -0.39 is 21.5 Å². The third-order valence-corrected chi connectivity index (χ3v) is 7.58. The number of aliphatic hydroxyl groups is 1. The highest BCUT2D eigenvalue weighted by atomic mass is 32.2. The number of rotatable bonds is 4. The van der Waals surface area contributed by atoms with Crippen molar-refractivity contribution >= 4 is 26.8 Å². The first-order valence-electron chi connectivity index (χ1n) is 9.69. The standard InChI is InChI=1S/C20H27N3O5S/c1-5-17(25)22-10-20(11-22)12-23(29(4,26)27)16(9-24)19-18(20)14-7-6-13(28-3)8-15(14)21(19)2/h6-8,16,24H,5,9-12H2,1-4H3/t16-/m0/s1. The lowest BCUT2D eigenvalue weighted by Gasteiger charge is -2.55. The molecule has 1 N–H and O–H groups in total. The molecule has 1 atom stereocenters. The maximum absolute atomic E-state index is 12.6. The number of methoxy groups -OCH3 is 1. The van der Waals surface area contributed by atoms with Gasteiger partial charge < -0.3 is 19.3 Å². The summed E-state index contributed by atoms with van der Waals surface area (Å²) in [6, 6.07) is 5.14. The normalized spacial score (nSPS) is 21.3. The summed E-state index contributed by atoms with van der Waals surface area (Å²) in [5, 5.41) is 11.2. The van der Waals surface area contributed by atoms with Crippen LogP contribution in [0, 0.1) is 0 Å². The number of aliphatic hydroxyl groups excluding tert-OH is 1. The molecule has 2 aliphatic heterocycles.